The molecule has 178 valence electrons. The van der Waals surface area contributed by atoms with Crippen LogP contribution in [-0.2, 0) is 21.2 Å². The average molecular weight is 536 g/mol. The number of nitrogens with zero attached hydrogens (tertiary/aromatic N) is 2. The maximum absolute atomic E-state index is 13.7. The smallest absolute Gasteiger partial charge is 0.243 e. The first-order chi connectivity index (χ1) is 16.3. The van der Waals surface area contributed by atoms with Crippen molar-refractivity contribution < 1.29 is 13.2 Å². The molecule has 0 N–H and O–H groups in total. The number of sulfonamides is 1. The molecule has 0 saturated heterocycles. The number of benzene rings is 2. The number of rotatable bonds is 7. The van der Waals surface area contributed by atoms with Crippen LogP contribution >= 0.6 is 34.5 Å². The van der Waals surface area contributed by atoms with E-state index in [0.29, 0.717) is 29.1 Å². The van der Waals surface area contributed by atoms with Crippen molar-refractivity contribution in [3.8, 4) is 0 Å². The molecule has 1 fully saturated rings. The highest BCUT2D eigenvalue weighted by Gasteiger charge is 2.38. The van der Waals surface area contributed by atoms with Crippen molar-refractivity contribution in [1.29, 1.82) is 0 Å². The van der Waals surface area contributed by atoms with Crippen molar-refractivity contribution in [3.63, 3.8) is 0 Å². The molecule has 0 spiro atoms. The maximum atomic E-state index is 13.7. The van der Waals surface area contributed by atoms with Crippen molar-refractivity contribution in [1.82, 2.24) is 9.21 Å². The minimum absolute atomic E-state index is 0.199. The lowest BCUT2D eigenvalue weighted by Gasteiger charge is -2.38. The van der Waals surface area contributed by atoms with Crippen LogP contribution in [0, 0.1) is 5.92 Å². The standard InChI is InChI=1S/C25H24Cl2N2O3S2/c26-18-8-9-20(22(27)14-18)25-21-11-13-33-23(21)10-12-29(25)24(30)16-28(15-17-6-7-17)34(31,32)19-4-2-1-3-5-19/h1-5,8-9,11,13-14,17,25H,6-7,10,12,15-16H2. The molecular weight excluding hydrogens is 511 g/mol. The number of hydrogen-bond acceptors (Lipinski definition) is 4. The maximum Gasteiger partial charge on any atom is 0.243 e. The van der Waals surface area contributed by atoms with Gasteiger partial charge in [-0.2, -0.15) is 4.31 Å². The van der Waals surface area contributed by atoms with E-state index >= 15 is 0 Å². The van der Waals surface area contributed by atoms with Crippen LogP contribution in [0.3, 0.4) is 0 Å². The Labute approximate surface area is 214 Å². The second kappa shape index (κ2) is 9.63. The Morgan fingerprint density at radius 3 is 2.53 bits per heavy atom. The zero-order valence-electron chi connectivity index (χ0n) is 18.4. The largest absolute Gasteiger partial charge is 0.330 e. The summed E-state index contributed by atoms with van der Waals surface area (Å²) in [5.74, 6) is 0.0747. The molecule has 9 heteroatoms. The van der Waals surface area contributed by atoms with Gasteiger partial charge in [-0.25, -0.2) is 8.42 Å². The van der Waals surface area contributed by atoms with Crippen molar-refractivity contribution in [3.05, 3.63) is 86.0 Å². The van der Waals surface area contributed by atoms with Gasteiger partial charge in [-0.3, -0.25) is 4.79 Å². The van der Waals surface area contributed by atoms with Crippen LogP contribution in [0.5, 0.6) is 0 Å². The average Bonchev–Trinajstić information content (AvgIpc) is 3.51. The molecule has 1 aliphatic carbocycles. The van der Waals surface area contributed by atoms with Gasteiger partial charge in [0.05, 0.1) is 17.5 Å². The van der Waals surface area contributed by atoms with Crippen LogP contribution in [0.4, 0.5) is 0 Å². The number of carbonyl (C=O) groups is 1. The van der Waals surface area contributed by atoms with E-state index in [9.17, 15) is 13.2 Å². The summed E-state index contributed by atoms with van der Waals surface area (Å²) in [6, 6.07) is 15.3. The van der Waals surface area contributed by atoms with Crippen LogP contribution < -0.4 is 0 Å². The monoisotopic (exact) mass is 534 g/mol. The fourth-order valence-corrected chi connectivity index (χ4v) is 7.37. The van der Waals surface area contributed by atoms with Crippen LogP contribution in [0.25, 0.3) is 0 Å². The van der Waals surface area contributed by atoms with E-state index in [1.807, 2.05) is 17.5 Å². The number of halogens is 2. The zero-order valence-corrected chi connectivity index (χ0v) is 21.5. The summed E-state index contributed by atoms with van der Waals surface area (Å²) >= 11 is 14.4. The summed E-state index contributed by atoms with van der Waals surface area (Å²) in [7, 11) is -3.79. The van der Waals surface area contributed by atoms with Crippen molar-refractivity contribution >= 4 is 50.5 Å². The predicted octanol–water partition coefficient (Wildman–Crippen LogP) is 5.63. The third-order valence-electron chi connectivity index (χ3n) is 6.39. The molecule has 0 radical (unpaired) electrons. The topological polar surface area (TPSA) is 57.7 Å². The number of amides is 1. The van der Waals surface area contributed by atoms with Gasteiger partial charge in [0.25, 0.3) is 0 Å². The van der Waals surface area contributed by atoms with E-state index in [0.717, 1.165) is 30.4 Å². The quantitative estimate of drug-likeness (QED) is 0.394. The van der Waals surface area contributed by atoms with Gasteiger partial charge in [-0.05, 0) is 72.0 Å². The Bertz CT molecular complexity index is 1310. The molecule has 3 aromatic rings. The molecule has 1 unspecified atom stereocenters. The molecule has 2 aliphatic rings. The molecule has 2 heterocycles. The summed E-state index contributed by atoms with van der Waals surface area (Å²) in [6.45, 7) is 0.653. The normalized spacial score (nSPS) is 18.2. The molecule has 5 nitrogen and oxygen atoms in total. The van der Waals surface area contributed by atoms with Gasteiger partial charge in [0.15, 0.2) is 0 Å². The van der Waals surface area contributed by atoms with Crippen LogP contribution in [-0.4, -0.2) is 43.2 Å². The summed E-state index contributed by atoms with van der Waals surface area (Å²) in [5, 5.41) is 3.04. The molecule has 5 rings (SSSR count). The highest BCUT2D eigenvalue weighted by Crippen LogP contribution is 2.41. The van der Waals surface area contributed by atoms with Crippen LogP contribution in [0.1, 0.15) is 34.9 Å². The van der Waals surface area contributed by atoms with Gasteiger partial charge < -0.3 is 4.90 Å². The van der Waals surface area contributed by atoms with Crippen LogP contribution in [0.2, 0.25) is 10.0 Å². The molecule has 1 amide bonds. The van der Waals surface area contributed by atoms with E-state index < -0.39 is 10.0 Å². The molecule has 1 atom stereocenters. The van der Waals surface area contributed by atoms with Crippen molar-refractivity contribution in [2.24, 2.45) is 5.92 Å². The predicted molar refractivity (Wildman–Crippen MR) is 136 cm³/mol. The summed E-state index contributed by atoms with van der Waals surface area (Å²) in [4.78, 5) is 16.9. The lowest BCUT2D eigenvalue weighted by Crippen LogP contribution is -2.47. The molecule has 1 aliphatic heterocycles. The third-order valence-corrected chi connectivity index (χ3v) is 9.78. The highest BCUT2D eigenvalue weighted by atomic mass is 35.5. The van der Waals surface area contributed by atoms with E-state index in [2.05, 4.69) is 0 Å². The summed E-state index contributed by atoms with van der Waals surface area (Å²) in [5.41, 5.74) is 1.83. The Kier molecular flexibility index (Phi) is 6.75. The molecule has 1 saturated carbocycles. The lowest BCUT2D eigenvalue weighted by molar-refractivity contribution is -0.133. The molecular formula is C25H24Cl2N2O3S2. The second-order valence-corrected chi connectivity index (χ2v) is 12.5. The number of fused-ring (bicyclic) bond motifs is 1. The minimum atomic E-state index is -3.79. The SMILES string of the molecule is O=C(CN(CC1CC1)S(=O)(=O)c1ccccc1)N1CCc2sccc2C1c1ccc(Cl)cc1Cl. The summed E-state index contributed by atoms with van der Waals surface area (Å²) < 4.78 is 28.2. The van der Waals surface area contributed by atoms with Gasteiger partial charge >= 0.3 is 0 Å². The number of hydrogen-bond donors (Lipinski definition) is 0. The molecule has 2 aromatic carbocycles. The highest BCUT2D eigenvalue weighted by molar-refractivity contribution is 7.89. The Hall–Kier alpha value is -1.90. The second-order valence-electron chi connectivity index (χ2n) is 8.76. The van der Waals surface area contributed by atoms with E-state index in [1.165, 1.54) is 9.18 Å². The first-order valence-electron chi connectivity index (χ1n) is 11.2. The third kappa shape index (κ3) is 4.77. The van der Waals surface area contributed by atoms with Gasteiger partial charge in [-0.1, -0.05) is 47.5 Å². The van der Waals surface area contributed by atoms with Crippen molar-refractivity contribution in [2.75, 3.05) is 19.6 Å². The fraction of sp³-hybridized carbons (Fsp3) is 0.320. The molecule has 1 aromatic heterocycles. The Balaban J connectivity index is 1.48. The number of thiophene rings is 1. The van der Waals surface area contributed by atoms with E-state index in [4.69, 9.17) is 23.2 Å². The Morgan fingerprint density at radius 1 is 1.06 bits per heavy atom. The summed E-state index contributed by atoms with van der Waals surface area (Å²) in [6.07, 6.45) is 2.70. The molecule has 0 bridgehead atoms. The van der Waals surface area contributed by atoms with Gasteiger partial charge in [0.2, 0.25) is 15.9 Å². The first kappa shape index (κ1) is 23.8. The number of carbonyl (C=O) groups excluding carboxylic acids is 1. The first-order valence-corrected chi connectivity index (χ1v) is 14.3. The van der Waals surface area contributed by atoms with Gasteiger partial charge in [0.1, 0.15) is 0 Å². The van der Waals surface area contributed by atoms with Gasteiger partial charge in [-0.15, -0.1) is 11.3 Å². The molecule has 34 heavy (non-hydrogen) atoms. The van der Waals surface area contributed by atoms with E-state index in [1.54, 1.807) is 58.7 Å². The van der Waals surface area contributed by atoms with Gasteiger partial charge in [0, 0.05) is 28.0 Å². The van der Waals surface area contributed by atoms with Crippen LogP contribution in [0.15, 0.2) is 64.9 Å². The lowest BCUT2D eigenvalue weighted by atomic mass is 9.93. The fourth-order valence-electron chi connectivity index (χ4n) is 4.46. The zero-order chi connectivity index (χ0) is 23.9. The Morgan fingerprint density at radius 2 is 1.82 bits per heavy atom. The minimum Gasteiger partial charge on any atom is -0.330 e. The van der Waals surface area contributed by atoms with E-state index in [-0.39, 0.29) is 23.4 Å². The van der Waals surface area contributed by atoms with Crippen molar-refractivity contribution in [2.45, 2.75) is 30.2 Å².